The van der Waals surface area contributed by atoms with E-state index in [9.17, 15) is 107 Å². The molecule has 30 atom stereocenters. The first-order valence-corrected chi connectivity index (χ1v) is 35.4. The van der Waals surface area contributed by atoms with Gasteiger partial charge in [-0.15, -0.1) is 0 Å². The summed E-state index contributed by atoms with van der Waals surface area (Å²) in [5, 5.41) is 68.1. The quantitative estimate of drug-likeness (QED) is 0.0255. The maximum Gasteiger partial charge on any atom is 0.305 e. The van der Waals surface area contributed by atoms with Gasteiger partial charge in [-0.05, 0) is 0 Å². The van der Waals surface area contributed by atoms with Crippen molar-refractivity contribution in [1.29, 1.82) is 0 Å². The Kier molecular flexibility index (Phi) is 41.1. The molecule has 0 aromatic rings. The van der Waals surface area contributed by atoms with E-state index >= 15 is 0 Å². The lowest BCUT2D eigenvalue weighted by Gasteiger charge is -2.48. The fourth-order valence-corrected chi connectivity index (χ4v) is 12.2. The second-order valence-electron chi connectivity index (χ2n) is 26.1. The van der Waals surface area contributed by atoms with Gasteiger partial charge in [-0.1, -0.05) is 13.8 Å². The molecule has 0 aromatic carbocycles. The van der Waals surface area contributed by atoms with Crippen molar-refractivity contribution >= 4 is 77.6 Å². The van der Waals surface area contributed by atoms with Crippen LogP contribution in [0.1, 0.15) is 104 Å². The molecule has 46 heteroatoms. The predicted octanol–water partition coefficient (Wildman–Crippen LogP) is -4.23. The number of esters is 13. The summed E-state index contributed by atoms with van der Waals surface area (Å²) < 4.78 is 157. The van der Waals surface area contributed by atoms with Crippen LogP contribution in [0, 0.1) is 11.8 Å². The van der Waals surface area contributed by atoms with Gasteiger partial charge in [-0.25, -0.2) is 8.78 Å². The molecule has 6 aliphatic heterocycles. The second-order valence-corrected chi connectivity index (χ2v) is 26.1. The zero-order valence-electron chi connectivity index (χ0n) is 64.9. The number of aliphatic hydroxyl groups is 7. The summed E-state index contributed by atoms with van der Waals surface area (Å²) in [7, 11) is 0. The van der Waals surface area contributed by atoms with E-state index in [1.807, 2.05) is 0 Å². The normalized spacial score (nSPS) is 35.1. The van der Waals surface area contributed by atoms with Crippen molar-refractivity contribution in [2.24, 2.45) is 11.8 Å². The molecule has 6 heterocycles. The van der Waals surface area contributed by atoms with Gasteiger partial charge in [-0.2, -0.15) is 0 Å². The average Bonchev–Trinajstić information content (AvgIpc) is 0.769. The van der Waals surface area contributed by atoms with Crippen LogP contribution in [0.3, 0.4) is 0 Å². The first-order chi connectivity index (χ1) is 53.5. The lowest BCUT2D eigenvalue weighted by atomic mass is 9.90. The molecule has 0 bridgehead atoms. The van der Waals surface area contributed by atoms with Gasteiger partial charge < -0.3 is 149 Å². The van der Waals surface area contributed by atoms with Crippen LogP contribution < -0.4 is 0 Å². The monoisotopic (exact) mass is 1660 g/mol. The minimum Gasteiger partial charge on any atom is -0.463 e. The van der Waals surface area contributed by atoms with Crippen LogP contribution in [0.5, 0.6) is 0 Å². The molecule has 6 saturated heterocycles. The summed E-state index contributed by atoms with van der Waals surface area (Å²) in [6, 6.07) is 0. The smallest absolute Gasteiger partial charge is 0.305 e. The van der Waals surface area contributed by atoms with Crippen LogP contribution in [0.15, 0.2) is 0 Å². The topological polar surface area (TPSA) is 585 Å². The van der Waals surface area contributed by atoms with Crippen molar-refractivity contribution in [3.05, 3.63) is 0 Å². The molecule has 0 spiro atoms. The molecular weight excluding hydrogens is 1560 g/mol. The van der Waals surface area contributed by atoms with Crippen LogP contribution in [-0.2, 0) is 176 Å². The summed E-state index contributed by atoms with van der Waals surface area (Å²) in [4.78, 5) is 155. The van der Waals surface area contributed by atoms with Crippen LogP contribution >= 0.6 is 0 Å². The molecule has 0 saturated carbocycles. The van der Waals surface area contributed by atoms with Crippen molar-refractivity contribution in [1.82, 2.24) is 0 Å². The van der Waals surface area contributed by atoms with Crippen LogP contribution in [0.4, 0.5) is 8.78 Å². The number of rotatable bonds is 31. The third-order valence-corrected chi connectivity index (χ3v) is 17.0. The number of hydrogen-bond donors (Lipinski definition) is 7. The van der Waals surface area contributed by atoms with E-state index in [0.717, 1.165) is 76.2 Å². The highest BCUT2D eigenvalue weighted by molar-refractivity contribution is 5.71. The summed E-state index contributed by atoms with van der Waals surface area (Å²) in [5.41, 5.74) is 0. The summed E-state index contributed by atoms with van der Waals surface area (Å²) in [6.07, 6.45) is -40.9. The molecule has 6 fully saturated rings. The molecule has 6 aliphatic rings. The fourth-order valence-electron chi connectivity index (χ4n) is 12.2. The zero-order valence-corrected chi connectivity index (χ0v) is 64.9. The number of aliphatic hydroxyl groups excluding tert-OH is 7. The minimum absolute atomic E-state index is 0.268. The summed E-state index contributed by atoms with van der Waals surface area (Å²) in [6.45, 7) is 11.8. The first kappa shape index (κ1) is 98.6. The van der Waals surface area contributed by atoms with Crippen LogP contribution in [-0.4, -0.2) is 352 Å². The van der Waals surface area contributed by atoms with Crippen molar-refractivity contribution in [3.8, 4) is 0 Å². The number of alkyl halides is 2. The van der Waals surface area contributed by atoms with E-state index in [0.29, 0.717) is 0 Å². The third-order valence-electron chi connectivity index (χ3n) is 17.0. The van der Waals surface area contributed by atoms with Gasteiger partial charge in [0.05, 0.1) is 26.4 Å². The minimum atomic E-state index is -1.76. The van der Waals surface area contributed by atoms with E-state index in [-0.39, 0.29) is 13.2 Å². The molecule has 7 N–H and O–H groups in total. The first-order valence-electron chi connectivity index (χ1n) is 35.4. The SMILES string of the molecule is CC(=O)OC[C@@H]1OC(OC(C)=O)[C@@H](O[C@H]2O[C@H](COC(C)=O)[C@@H](OC(C)=O)[C@H](OC(C)=O)[C@@H]2OC(C)=O)[C@@H](OC(C)=O)[C@@H]1C.CC(=O)OC[C@@H]1O[C@H](OCCF)[C@@H](O[C@H]2O[C@H](COC(C)=O)[C@@H](OC(C)=O)[C@H](OC(C)=O)[C@@H]2OC(C)=O)[C@@H](OC(C)=O)[C@@H]1C.OC[C@@H]1O[C@H](OCCF)[C@@H](O[C@H]2O[C@H](CO)[C@@H](O)[C@H](O)[C@@H]2O)[C@@H](O)[C@@H]1O. The Labute approximate surface area is 650 Å². The Morgan fingerprint density at radius 3 is 0.860 bits per heavy atom. The fraction of sp³-hybridized carbons (Fsp3) is 0.809. The number of halogens is 2. The number of hydrogen-bond acceptors (Lipinski definition) is 44. The van der Waals surface area contributed by atoms with Gasteiger partial charge in [0.2, 0.25) is 6.29 Å². The molecule has 0 radical (unpaired) electrons. The largest absolute Gasteiger partial charge is 0.463 e. The Morgan fingerprint density at radius 1 is 0.263 bits per heavy atom. The van der Waals surface area contributed by atoms with Gasteiger partial charge in [0.25, 0.3) is 0 Å². The van der Waals surface area contributed by atoms with Gasteiger partial charge in [0.1, 0.15) is 131 Å². The van der Waals surface area contributed by atoms with E-state index in [4.69, 9.17) is 114 Å². The van der Waals surface area contributed by atoms with Crippen LogP contribution in [0.2, 0.25) is 0 Å². The number of carbonyl (C=O) groups excluding carboxylic acids is 13. The summed E-state index contributed by atoms with van der Waals surface area (Å²) in [5.74, 6) is -11.6. The van der Waals surface area contributed by atoms with Gasteiger partial charge in [0, 0.05) is 102 Å². The Hall–Kier alpha value is -7.75. The maximum absolute atomic E-state index is 13.2. The highest BCUT2D eigenvalue weighted by Gasteiger charge is 2.60. The molecule has 1 unspecified atom stereocenters. The molecule has 0 amide bonds. The molecule has 44 nitrogen and oxygen atoms in total. The van der Waals surface area contributed by atoms with E-state index < -0.39 is 314 Å². The highest BCUT2D eigenvalue weighted by atomic mass is 19.1. The Morgan fingerprint density at radius 2 is 0.526 bits per heavy atom. The predicted molar refractivity (Wildman–Crippen MR) is 356 cm³/mol. The molecule has 652 valence electrons. The standard InChI is InChI=1S/C27H39FO16.C27H38O17.C14H25FO11/c1-12-19(10-36-13(2)29)42-26(35-9-8-28)24(21(12)38-15(4)31)44-27-25(41-18(7)34)23(40-17(6)33)22(39-16(5)32)20(43-27)11-37-14(3)30;1-11-19(9-35-12(2)28)42-26(41-18(8)34)24(21(11)37-14(4)30)44-27-25(40-17(7)33)23(39-16(6)32)22(38-15(5)31)20(43-27)10-36-13(3)29;15-1-2-23-14-12(10(21)8(19)6(4-17)25-14)26-13-11(22)9(20)7(18)5(3-16)24-13/h12,19-27H,8-11H2,1-7H3;11,19-27H,9-10H2,1-8H3;5-14,16-22H,1-4H2/t12-,19+,20-,21+,22-,23+,24+,25+,26+,27-;11-,19+,20-,21+,22-,23+,24+,25+,26?,27-;5-,6+,7-,8-,9+,10+,11+,12+,13-,14+/m111/s1. The Balaban J connectivity index is 0.000000373. The van der Waals surface area contributed by atoms with E-state index in [2.05, 4.69) is 0 Å². The maximum atomic E-state index is 13.2. The lowest BCUT2D eigenvalue weighted by Crippen LogP contribution is -2.66. The van der Waals surface area contributed by atoms with E-state index in [1.54, 1.807) is 13.8 Å². The Bertz CT molecular complexity index is 3160. The van der Waals surface area contributed by atoms with Gasteiger partial charge in [0.15, 0.2) is 74.2 Å². The molecule has 6 rings (SSSR count). The zero-order chi connectivity index (χ0) is 85.9. The number of ether oxygens (including phenoxy) is 24. The number of carbonyl (C=O) groups is 13. The molecule has 0 aromatic heterocycles. The van der Waals surface area contributed by atoms with Crippen LogP contribution in [0.25, 0.3) is 0 Å². The van der Waals surface area contributed by atoms with Gasteiger partial charge in [-0.3, -0.25) is 62.3 Å². The second kappa shape index (κ2) is 47.5. The van der Waals surface area contributed by atoms with Crippen molar-refractivity contribution in [2.75, 3.05) is 66.2 Å². The van der Waals surface area contributed by atoms with Crippen molar-refractivity contribution in [2.45, 2.75) is 276 Å². The highest BCUT2D eigenvalue weighted by Crippen LogP contribution is 2.40. The van der Waals surface area contributed by atoms with Crippen molar-refractivity contribution in [3.63, 3.8) is 0 Å². The molecule has 0 aliphatic carbocycles. The molecular formula is C68H102F2O44. The van der Waals surface area contributed by atoms with Crippen molar-refractivity contribution < 1.29 is 221 Å². The van der Waals surface area contributed by atoms with E-state index in [1.165, 1.54) is 13.8 Å². The molecule has 114 heavy (non-hydrogen) atoms. The average molecular weight is 1660 g/mol. The lowest BCUT2D eigenvalue weighted by molar-refractivity contribution is -0.367. The third kappa shape index (κ3) is 30.1. The summed E-state index contributed by atoms with van der Waals surface area (Å²) >= 11 is 0. The van der Waals surface area contributed by atoms with Gasteiger partial charge >= 0.3 is 77.6 Å².